The number of hydrogen-bond donors (Lipinski definition) is 0. The first-order valence-electron chi connectivity index (χ1n) is 5.60. The Kier molecular flexibility index (Phi) is 2.71. The van der Waals surface area contributed by atoms with Crippen molar-refractivity contribution in [1.82, 2.24) is 25.2 Å². The van der Waals surface area contributed by atoms with Crippen molar-refractivity contribution < 1.29 is 9.47 Å². The molecule has 0 N–H and O–H groups in total. The topological polar surface area (TPSA) is 75.0 Å². The second kappa shape index (κ2) is 4.52. The van der Waals surface area contributed by atoms with Gasteiger partial charge in [-0.25, -0.2) is 4.68 Å². The highest BCUT2D eigenvalue weighted by Gasteiger charge is 2.18. The minimum absolute atomic E-state index is 0.318. The summed E-state index contributed by atoms with van der Waals surface area (Å²) in [6, 6.07) is 9.60. The molecule has 0 aliphatic heterocycles. The number of ether oxygens (including phenoxy) is 2. The molecular formula is C12H11N5O2. The summed E-state index contributed by atoms with van der Waals surface area (Å²) in [7, 11) is 3.04. The van der Waals surface area contributed by atoms with E-state index in [0.717, 1.165) is 5.69 Å². The fourth-order valence-electron chi connectivity index (χ4n) is 1.83. The lowest BCUT2D eigenvalue weighted by Gasteiger charge is -2.05. The van der Waals surface area contributed by atoms with Crippen LogP contribution in [-0.2, 0) is 0 Å². The molecule has 0 atom stereocenters. The van der Waals surface area contributed by atoms with Crippen LogP contribution >= 0.6 is 0 Å². The number of methoxy groups -OCH3 is 2. The van der Waals surface area contributed by atoms with E-state index in [4.69, 9.17) is 9.47 Å². The summed E-state index contributed by atoms with van der Waals surface area (Å²) < 4.78 is 12.0. The largest absolute Gasteiger partial charge is 0.478 e. The lowest BCUT2D eigenvalue weighted by Crippen LogP contribution is -2.01. The molecule has 2 aromatic heterocycles. The van der Waals surface area contributed by atoms with Crippen molar-refractivity contribution in [2.75, 3.05) is 14.2 Å². The first-order chi connectivity index (χ1) is 9.35. The van der Waals surface area contributed by atoms with Crippen molar-refractivity contribution in [2.45, 2.75) is 0 Å². The third-order valence-electron chi connectivity index (χ3n) is 2.69. The molecule has 0 spiro atoms. The molecule has 0 radical (unpaired) electrons. The Balaban J connectivity index is 2.32. The third-order valence-corrected chi connectivity index (χ3v) is 2.69. The zero-order valence-electron chi connectivity index (χ0n) is 10.4. The van der Waals surface area contributed by atoms with E-state index in [1.165, 1.54) is 14.2 Å². The van der Waals surface area contributed by atoms with Gasteiger partial charge in [0, 0.05) is 0 Å². The Morgan fingerprint density at radius 2 is 1.58 bits per heavy atom. The minimum atomic E-state index is 0.318. The zero-order chi connectivity index (χ0) is 13.2. The van der Waals surface area contributed by atoms with Crippen LogP contribution in [0, 0.1) is 0 Å². The van der Waals surface area contributed by atoms with Gasteiger partial charge in [0.05, 0.1) is 19.9 Å². The van der Waals surface area contributed by atoms with Gasteiger partial charge in [0.25, 0.3) is 11.8 Å². The van der Waals surface area contributed by atoms with Crippen LogP contribution in [-0.4, -0.2) is 39.4 Å². The van der Waals surface area contributed by atoms with Gasteiger partial charge in [-0.15, -0.1) is 15.3 Å². The SMILES string of the molecule is COc1nnc(OC)c2c1nnn2-c1ccccc1. The highest BCUT2D eigenvalue weighted by atomic mass is 16.5. The standard InChI is InChI=1S/C12H11N5O2/c1-18-11-9-10(12(19-2)15-14-11)17(16-13-9)8-6-4-3-5-7-8/h3-7H,1-2H3. The van der Waals surface area contributed by atoms with Gasteiger partial charge in [0.1, 0.15) is 0 Å². The summed E-state index contributed by atoms with van der Waals surface area (Å²) >= 11 is 0. The molecule has 2 heterocycles. The molecule has 0 bridgehead atoms. The van der Waals surface area contributed by atoms with E-state index in [9.17, 15) is 0 Å². The summed E-state index contributed by atoms with van der Waals surface area (Å²) in [6.45, 7) is 0. The second-order valence-corrected chi connectivity index (χ2v) is 3.75. The molecule has 3 rings (SSSR count). The molecule has 0 saturated carbocycles. The molecule has 0 saturated heterocycles. The molecule has 1 aromatic carbocycles. The number of fused-ring (bicyclic) bond motifs is 1. The molecule has 19 heavy (non-hydrogen) atoms. The van der Waals surface area contributed by atoms with Gasteiger partial charge < -0.3 is 9.47 Å². The average Bonchev–Trinajstić information content (AvgIpc) is 2.92. The predicted octanol–water partition coefficient (Wildman–Crippen LogP) is 1.23. The lowest BCUT2D eigenvalue weighted by molar-refractivity contribution is 0.374. The summed E-state index contributed by atoms with van der Waals surface area (Å²) in [5.41, 5.74) is 2.00. The quantitative estimate of drug-likeness (QED) is 0.702. The van der Waals surface area contributed by atoms with E-state index >= 15 is 0 Å². The van der Waals surface area contributed by atoms with Crippen LogP contribution in [0.2, 0.25) is 0 Å². The van der Waals surface area contributed by atoms with Gasteiger partial charge >= 0.3 is 0 Å². The molecule has 0 fully saturated rings. The number of nitrogens with zero attached hydrogens (tertiary/aromatic N) is 5. The van der Waals surface area contributed by atoms with Crippen molar-refractivity contribution in [1.29, 1.82) is 0 Å². The summed E-state index contributed by atoms with van der Waals surface area (Å²) in [5, 5.41) is 16.0. The fourth-order valence-corrected chi connectivity index (χ4v) is 1.83. The van der Waals surface area contributed by atoms with Crippen LogP contribution in [0.1, 0.15) is 0 Å². The first kappa shape index (κ1) is 11.4. The van der Waals surface area contributed by atoms with Crippen molar-refractivity contribution in [3.63, 3.8) is 0 Å². The maximum Gasteiger partial charge on any atom is 0.263 e. The van der Waals surface area contributed by atoms with Gasteiger partial charge in [-0.3, -0.25) is 0 Å². The molecule has 96 valence electrons. The van der Waals surface area contributed by atoms with Crippen molar-refractivity contribution in [3.05, 3.63) is 30.3 Å². The van der Waals surface area contributed by atoms with Crippen molar-refractivity contribution in [2.24, 2.45) is 0 Å². The second-order valence-electron chi connectivity index (χ2n) is 3.75. The average molecular weight is 257 g/mol. The Bertz CT molecular complexity index is 711. The Hall–Kier alpha value is -2.70. The smallest absolute Gasteiger partial charge is 0.263 e. The van der Waals surface area contributed by atoms with E-state index in [1.54, 1.807) is 4.68 Å². The summed E-state index contributed by atoms with van der Waals surface area (Å²) in [6.07, 6.45) is 0. The van der Waals surface area contributed by atoms with Gasteiger partial charge in [0.2, 0.25) is 0 Å². The predicted molar refractivity (Wildman–Crippen MR) is 67.6 cm³/mol. The van der Waals surface area contributed by atoms with Crippen LogP contribution in [0.3, 0.4) is 0 Å². The first-order valence-corrected chi connectivity index (χ1v) is 5.60. The number of hydrogen-bond acceptors (Lipinski definition) is 6. The molecule has 3 aromatic rings. The van der Waals surface area contributed by atoms with Gasteiger partial charge in [-0.1, -0.05) is 23.4 Å². The van der Waals surface area contributed by atoms with Gasteiger partial charge in [-0.2, -0.15) is 0 Å². The van der Waals surface area contributed by atoms with Gasteiger partial charge in [-0.05, 0) is 12.1 Å². The van der Waals surface area contributed by atoms with Crippen molar-refractivity contribution >= 4 is 11.0 Å². The molecule has 7 heteroatoms. The number of benzene rings is 1. The zero-order valence-corrected chi connectivity index (χ0v) is 10.4. The fraction of sp³-hybridized carbons (Fsp3) is 0.167. The van der Waals surface area contributed by atoms with E-state index in [2.05, 4.69) is 20.5 Å². The Labute approximate surface area is 108 Å². The van der Waals surface area contributed by atoms with E-state index in [-0.39, 0.29) is 0 Å². The Morgan fingerprint density at radius 1 is 0.895 bits per heavy atom. The molecule has 7 nitrogen and oxygen atoms in total. The minimum Gasteiger partial charge on any atom is -0.478 e. The van der Waals surface area contributed by atoms with Crippen LogP contribution in [0.5, 0.6) is 11.8 Å². The number of aromatic nitrogens is 5. The van der Waals surface area contributed by atoms with Crippen molar-refractivity contribution in [3.8, 4) is 17.4 Å². The molecule has 0 aliphatic rings. The van der Waals surface area contributed by atoms with E-state index in [0.29, 0.717) is 22.8 Å². The lowest BCUT2D eigenvalue weighted by atomic mass is 10.3. The maximum atomic E-state index is 5.22. The molecule has 0 amide bonds. The number of rotatable bonds is 3. The molecular weight excluding hydrogens is 246 g/mol. The van der Waals surface area contributed by atoms with Crippen LogP contribution in [0.4, 0.5) is 0 Å². The molecule has 0 aliphatic carbocycles. The highest BCUT2D eigenvalue weighted by molar-refractivity contribution is 5.84. The third kappa shape index (κ3) is 1.75. The summed E-state index contributed by atoms with van der Waals surface area (Å²) in [5.74, 6) is 0.669. The molecule has 0 unspecified atom stereocenters. The summed E-state index contributed by atoms with van der Waals surface area (Å²) in [4.78, 5) is 0. The maximum absolute atomic E-state index is 5.22. The monoisotopic (exact) mass is 257 g/mol. The Morgan fingerprint density at radius 3 is 2.26 bits per heavy atom. The van der Waals surface area contributed by atoms with Crippen LogP contribution in [0.25, 0.3) is 16.7 Å². The van der Waals surface area contributed by atoms with Crippen LogP contribution < -0.4 is 9.47 Å². The van der Waals surface area contributed by atoms with Gasteiger partial charge in [0.15, 0.2) is 11.0 Å². The van der Waals surface area contributed by atoms with E-state index in [1.807, 2.05) is 30.3 Å². The normalized spacial score (nSPS) is 10.6. The number of para-hydroxylation sites is 1. The highest BCUT2D eigenvalue weighted by Crippen LogP contribution is 2.28. The van der Waals surface area contributed by atoms with Crippen LogP contribution in [0.15, 0.2) is 30.3 Å². The van der Waals surface area contributed by atoms with E-state index < -0.39 is 0 Å².